The zero-order chi connectivity index (χ0) is 14.0. The maximum atomic E-state index is 12.0. The summed E-state index contributed by atoms with van der Waals surface area (Å²) in [6.45, 7) is 1.71. The first kappa shape index (κ1) is 13.7. The normalized spacial score (nSPS) is 24.4. The number of esters is 1. The lowest BCUT2D eigenvalue weighted by molar-refractivity contribution is 0.0177. The van der Waals surface area contributed by atoms with E-state index in [0.29, 0.717) is 31.2 Å². The van der Waals surface area contributed by atoms with E-state index in [1.165, 1.54) is 6.07 Å². The summed E-state index contributed by atoms with van der Waals surface area (Å²) < 4.78 is 5.20. The van der Waals surface area contributed by atoms with E-state index in [1.807, 2.05) is 0 Å². The highest BCUT2D eigenvalue weighted by molar-refractivity contribution is 5.94. The molecule has 1 aromatic carbocycles. The van der Waals surface area contributed by atoms with Gasteiger partial charge >= 0.3 is 5.97 Å². The standard InChI is InChI=1S/C14H18O5/c1-8-5-10(15)4-2-3-9-6-11(16)7-12(17)13(9)14(18)19-8/h6-8,10,15-17H,2-5H2,1H3/t8-,10-/m1/s1. The molecule has 0 radical (unpaired) electrons. The average molecular weight is 266 g/mol. The number of rotatable bonds is 0. The molecular weight excluding hydrogens is 248 g/mol. The van der Waals surface area contributed by atoms with Crippen LogP contribution in [0.2, 0.25) is 0 Å². The molecule has 0 saturated carbocycles. The summed E-state index contributed by atoms with van der Waals surface area (Å²) in [5.74, 6) is -0.975. The Hall–Kier alpha value is -1.75. The molecule has 104 valence electrons. The van der Waals surface area contributed by atoms with Gasteiger partial charge in [0.05, 0.1) is 6.10 Å². The summed E-state index contributed by atoms with van der Waals surface area (Å²) >= 11 is 0. The van der Waals surface area contributed by atoms with Gasteiger partial charge in [0.25, 0.3) is 0 Å². The number of aliphatic hydroxyl groups excluding tert-OH is 1. The minimum absolute atomic E-state index is 0.0882. The van der Waals surface area contributed by atoms with E-state index < -0.39 is 18.2 Å². The molecule has 1 heterocycles. The van der Waals surface area contributed by atoms with Gasteiger partial charge in [-0.3, -0.25) is 0 Å². The van der Waals surface area contributed by atoms with Gasteiger partial charge in [0.1, 0.15) is 23.2 Å². The molecule has 5 heteroatoms. The number of phenols is 2. The Morgan fingerprint density at radius 2 is 2.05 bits per heavy atom. The second kappa shape index (κ2) is 5.48. The maximum Gasteiger partial charge on any atom is 0.342 e. The monoisotopic (exact) mass is 266 g/mol. The van der Waals surface area contributed by atoms with Gasteiger partial charge in [0, 0.05) is 12.5 Å². The van der Waals surface area contributed by atoms with Crippen molar-refractivity contribution in [2.24, 2.45) is 0 Å². The highest BCUT2D eigenvalue weighted by atomic mass is 16.5. The average Bonchev–Trinajstić information content (AvgIpc) is 2.26. The van der Waals surface area contributed by atoms with Crippen molar-refractivity contribution in [3.05, 3.63) is 23.3 Å². The molecule has 1 aliphatic heterocycles. The quantitative estimate of drug-likeness (QED) is 0.622. The molecule has 3 N–H and O–H groups in total. The first-order chi connectivity index (χ1) is 8.97. The summed E-state index contributed by atoms with van der Waals surface area (Å²) in [5, 5.41) is 29.1. The van der Waals surface area contributed by atoms with Gasteiger partial charge in [-0.15, -0.1) is 0 Å². The van der Waals surface area contributed by atoms with Gasteiger partial charge in [0.2, 0.25) is 0 Å². The van der Waals surface area contributed by atoms with E-state index in [1.54, 1.807) is 6.92 Å². The molecule has 5 nitrogen and oxygen atoms in total. The highest BCUT2D eigenvalue weighted by Crippen LogP contribution is 2.30. The van der Waals surface area contributed by atoms with Crippen molar-refractivity contribution in [2.75, 3.05) is 0 Å². The van der Waals surface area contributed by atoms with Crippen LogP contribution < -0.4 is 0 Å². The molecule has 0 amide bonds. The van der Waals surface area contributed by atoms with E-state index >= 15 is 0 Å². The van der Waals surface area contributed by atoms with E-state index in [0.717, 1.165) is 6.07 Å². The van der Waals surface area contributed by atoms with Crippen LogP contribution in [0.4, 0.5) is 0 Å². The van der Waals surface area contributed by atoms with Crippen molar-refractivity contribution in [1.82, 2.24) is 0 Å². The predicted molar refractivity (Wildman–Crippen MR) is 68.2 cm³/mol. The zero-order valence-corrected chi connectivity index (χ0v) is 10.8. The summed E-state index contributed by atoms with van der Waals surface area (Å²) in [6, 6.07) is 2.58. The minimum atomic E-state index is -0.617. The molecule has 1 aliphatic rings. The third kappa shape index (κ3) is 3.17. The van der Waals surface area contributed by atoms with Gasteiger partial charge in [-0.05, 0) is 37.8 Å². The van der Waals surface area contributed by atoms with E-state index in [4.69, 9.17) is 4.74 Å². The second-order valence-corrected chi connectivity index (χ2v) is 5.00. The number of carbonyl (C=O) groups is 1. The van der Waals surface area contributed by atoms with Crippen molar-refractivity contribution in [2.45, 2.75) is 44.8 Å². The fourth-order valence-electron chi connectivity index (χ4n) is 2.42. The summed E-state index contributed by atoms with van der Waals surface area (Å²) in [5.41, 5.74) is 0.657. The minimum Gasteiger partial charge on any atom is -0.508 e. The number of hydrogen-bond donors (Lipinski definition) is 3. The number of benzene rings is 1. The molecule has 0 spiro atoms. The number of ether oxygens (including phenoxy) is 1. The Morgan fingerprint density at radius 1 is 1.32 bits per heavy atom. The van der Waals surface area contributed by atoms with Crippen LogP contribution in [0.3, 0.4) is 0 Å². The third-order valence-electron chi connectivity index (χ3n) is 3.28. The SMILES string of the molecule is C[C@@H]1C[C@H](O)CCCc2cc(O)cc(O)c2C(=O)O1. The Morgan fingerprint density at radius 3 is 2.79 bits per heavy atom. The van der Waals surface area contributed by atoms with Crippen molar-refractivity contribution >= 4 is 5.97 Å². The summed E-state index contributed by atoms with van der Waals surface area (Å²) in [7, 11) is 0. The van der Waals surface area contributed by atoms with E-state index in [-0.39, 0.29) is 17.1 Å². The van der Waals surface area contributed by atoms with Crippen LogP contribution in [0, 0.1) is 0 Å². The van der Waals surface area contributed by atoms with Crippen LogP contribution in [0.25, 0.3) is 0 Å². The van der Waals surface area contributed by atoms with Gasteiger partial charge in [-0.1, -0.05) is 0 Å². The Kier molecular flexibility index (Phi) is 3.95. The Balaban J connectivity index is 2.39. The first-order valence-corrected chi connectivity index (χ1v) is 6.41. The van der Waals surface area contributed by atoms with Gasteiger partial charge in [0.15, 0.2) is 0 Å². The smallest absolute Gasteiger partial charge is 0.342 e. The van der Waals surface area contributed by atoms with E-state index in [2.05, 4.69) is 0 Å². The lowest BCUT2D eigenvalue weighted by atomic mass is 9.97. The first-order valence-electron chi connectivity index (χ1n) is 6.41. The van der Waals surface area contributed by atoms with Crippen molar-refractivity contribution in [3.63, 3.8) is 0 Å². The second-order valence-electron chi connectivity index (χ2n) is 5.00. The van der Waals surface area contributed by atoms with Crippen LogP contribution in [0.1, 0.15) is 42.1 Å². The number of aliphatic hydroxyl groups is 1. The fraction of sp³-hybridized carbons (Fsp3) is 0.500. The Bertz CT molecular complexity index is 483. The maximum absolute atomic E-state index is 12.0. The molecule has 0 aliphatic carbocycles. The largest absolute Gasteiger partial charge is 0.508 e. The molecule has 2 atom stereocenters. The van der Waals surface area contributed by atoms with Crippen LogP contribution in [0.5, 0.6) is 11.5 Å². The lowest BCUT2D eigenvalue weighted by Gasteiger charge is -2.21. The fourth-order valence-corrected chi connectivity index (χ4v) is 2.42. The molecule has 2 rings (SSSR count). The summed E-state index contributed by atoms with van der Waals surface area (Å²) in [6.07, 6.45) is 1.24. The van der Waals surface area contributed by atoms with Crippen LogP contribution in [-0.2, 0) is 11.2 Å². The molecule has 0 saturated heterocycles. The van der Waals surface area contributed by atoms with Crippen molar-refractivity contribution < 1.29 is 24.9 Å². The summed E-state index contributed by atoms with van der Waals surface area (Å²) in [4.78, 5) is 12.0. The molecule has 1 aromatic rings. The number of hydrogen-bond acceptors (Lipinski definition) is 5. The topological polar surface area (TPSA) is 87.0 Å². The van der Waals surface area contributed by atoms with Crippen LogP contribution in [-0.4, -0.2) is 33.5 Å². The lowest BCUT2D eigenvalue weighted by Crippen LogP contribution is -2.23. The van der Waals surface area contributed by atoms with Crippen molar-refractivity contribution in [1.29, 1.82) is 0 Å². The van der Waals surface area contributed by atoms with E-state index in [9.17, 15) is 20.1 Å². The molecule has 19 heavy (non-hydrogen) atoms. The molecular formula is C14H18O5. The number of cyclic esters (lactones) is 1. The predicted octanol–water partition coefficient (Wildman–Crippen LogP) is 1.73. The highest BCUT2D eigenvalue weighted by Gasteiger charge is 2.24. The number of phenolic OH excluding ortho intramolecular Hbond substituents is 2. The van der Waals surface area contributed by atoms with Crippen LogP contribution >= 0.6 is 0 Å². The molecule has 0 fully saturated rings. The molecule has 0 bridgehead atoms. The van der Waals surface area contributed by atoms with Crippen LogP contribution in [0.15, 0.2) is 12.1 Å². The number of carbonyl (C=O) groups excluding carboxylic acids is 1. The zero-order valence-electron chi connectivity index (χ0n) is 10.8. The van der Waals surface area contributed by atoms with Gasteiger partial charge in [-0.2, -0.15) is 0 Å². The number of aromatic hydroxyl groups is 2. The van der Waals surface area contributed by atoms with Crippen molar-refractivity contribution in [3.8, 4) is 11.5 Å². The molecule has 0 unspecified atom stereocenters. The molecule has 0 aromatic heterocycles. The number of fused-ring (bicyclic) bond motifs is 1. The number of aryl methyl sites for hydroxylation is 1. The van der Waals surface area contributed by atoms with Gasteiger partial charge in [-0.25, -0.2) is 4.79 Å². The third-order valence-corrected chi connectivity index (χ3v) is 3.28. The van der Waals surface area contributed by atoms with Gasteiger partial charge < -0.3 is 20.1 Å². The Labute approximate surface area is 111 Å².